The average molecular weight is 219 g/mol. The lowest BCUT2D eigenvalue weighted by Crippen LogP contribution is -2.05. The molecule has 0 saturated heterocycles. The lowest BCUT2D eigenvalue weighted by Gasteiger charge is -2.03. The monoisotopic (exact) mass is 219 g/mol. The minimum atomic E-state index is -0.428. The second kappa shape index (κ2) is 6.40. The Bertz CT molecular complexity index is 370. The molecule has 4 heteroatoms. The highest BCUT2D eigenvalue weighted by Crippen LogP contribution is 2.08. The van der Waals surface area contributed by atoms with Crippen LogP contribution in [0.4, 0.5) is 0 Å². The molecule has 1 aromatic heterocycles. The summed E-state index contributed by atoms with van der Waals surface area (Å²) in [4.78, 5) is 15.3. The molecule has 0 saturated carbocycles. The van der Waals surface area contributed by atoms with Gasteiger partial charge in [0.05, 0.1) is 5.56 Å². The zero-order valence-electron chi connectivity index (χ0n) is 8.89. The second-order valence-electron chi connectivity index (χ2n) is 2.87. The van der Waals surface area contributed by atoms with Gasteiger partial charge in [-0.1, -0.05) is 25.3 Å². The SMILES string of the molecule is C=CCOC(=O)c1ccc(OCC=C)nc1. The fourth-order valence-corrected chi connectivity index (χ4v) is 0.949. The van der Waals surface area contributed by atoms with Crippen molar-refractivity contribution < 1.29 is 14.3 Å². The smallest absolute Gasteiger partial charge is 0.340 e. The van der Waals surface area contributed by atoms with Gasteiger partial charge in [0.2, 0.25) is 5.88 Å². The highest BCUT2D eigenvalue weighted by Gasteiger charge is 2.06. The van der Waals surface area contributed by atoms with E-state index in [-0.39, 0.29) is 6.61 Å². The Morgan fingerprint density at radius 1 is 1.31 bits per heavy atom. The largest absolute Gasteiger partial charge is 0.473 e. The van der Waals surface area contributed by atoms with E-state index in [1.807, 2.05) is 0 Å². The number of nitrogens with zero attached hydrogens (tertiary/aromatic N) is 1. The number of ether oxygens (including phenoxy) is 2. The van der Waals surface area contributed by atoms with E-state index in [1.165, 1.54) is 12.3 Å². The van der Waals surface area contributed by atoms with Crippen LogP contribution in [0.3, 0.4) is 0 Å². The van der Waals surface area contributed by atoms with Crippen LogP contribution in [0.15, 0.2) is 43.6 Å². The zero-order chi connectivity index (χ0) is 11.8. The predicted octanol–water partition coefficient (Wildman–Crippen LogP) is 1.99. The van der Waals surface area contributed by atoms with E-state index >= 15 is 0 Å². The molecule has 0 aliphatic rings. The number of esters is 1. The molecule has 0 aromatic carbocycles. The molecule has 1 rings (SSSR count). The summed E-state index contributed by atoms with van der Waals surface area (Å²) < 4.78 is 10.0. The number of pyridine rings is 1. The Labute approximate surface area is 94.2 Å². The van der Waals surface area contributed by atoms with Crippen molar-refractivity contribution >= 4 is 5.97 Å². The minimum Gasteiger partial charge on any atom is -0.473 e. The maximum absolute atomic E-state index is 11.4. The van der Waals surface area contributed by atoms with Gasteiger partial charge in [0.25, 0.3) is 0 Å². The maximum atomic E-state index is 11.4. The zero-order valence-corrected chi connectivity index (χ0v) is 8.89. The number of rotatable bonds is 6. The van der Waals surface area contributed by atoms with Gasteiger partial charge < -0.3 is 9.47 Å². The van der Waals surface area contributed by atoms with Gasteiger partial charge in [-0.15, -0.1) is 0 Å². The van der Waals surface area contributed by atoms with E-state index < -0.39 is 5.97 Å². The third-order valence-electron chi connectivity index (χ3n) is 1.65. The molecule has 0 unspecified atom stereocenters. The normalized spacial score (nSPS) is 9.25. The lowest BCUT2D eigenvalue weighted by molar-refractivity contribution is 0.0549. The first-order valence-electron chi connectivity index (χ1n) is 4.75. The molecule has 1 aromatic rings. The Morgan fingerprint density at radius 2 is 2.06 bits per heavy atom. The average Bonchev–Trinajstić information content (AvgIpc) is 2.34. The molecule has 0 N–H and O–H groups in total. The van der Waals surface area contributed by atoms with Gasteiger partial charge in [0.1, 0.15) is 13.2 Å². The molecular formula is C12H13NO3. The van der Waals surface area contributed by atoms with Gasteiger partial charge in [0.15, 0.2) is 0 Å². The molecule has 1 heterocycles. The third kappa shape index (κ3) is 3.57. The van der Waals surface area contributed by atoms with Gasteiger partial charge >= 0.3 is 5.97 Å². The van der Waals surface area contributed by atoms with Crippen molar-refractivity contribution in [2.45, 2.75) is 0 Å². The molecule has 84 valence electrons. The molecule has 16 heavy (non-hydrogen) atoms. The van der Waals surface area contributed by atoms with Gasteiger partial charge in [-0.05, 0) is 6.07 Å². The van der Waals surface area contributed by atoms with Crippen LogP contribution in [-0.4, -0.2) is 24.2 Å². The van der Waals surface area contributed by atoms with Gasteiger partial charge in [-0.25, -0.2) is 9.78 Å². The van der Waals surface area contributed by atoms with E-state index in [9.17, 15) is 4.79 Å². The molecule has 0 aliphatic carbocycles. The Morgan fingerprint density at radius 3 is 2.62 bits per heavy atom. The van der Waals surface area contributed by atoms with Gasteiger partial charge in [0, 0.05) is 12.3 Å². The van der Waals surface area contributed by atoms with Crippen LogP contribution >= 0.6 is 0 Å². The van der Waals surface area contributed by atoms with Gasteiger partial charge in [-0.3, -0.25) is 0 Å². The number of hydrogen-bond acceptors (Lipinski definition) is 4. The number of hydrogen-bond donors (Lipinski definition) is 0. The summed E-state index contributed by atoms with van der Waals surface area (Å²) in [5.74, 6) is 0.0165. The van der Waals surface area contributed by atoms with Crippen molar-refractivity contribution in [2.75, 3.05) is 13.2 Å². The van der Waals surface area contributed by atoms with Gasteiger partial charge in [-0.2, -0.15) is 0 Å². The second-order valence-corrected chi connectivity index (χ2v) is 2.87. The number of carbonyl (C=O) groups excluding carboxylic acids is 1. The first-order chi connectivity index (χ1) is 7.77. The molecule has 0 spiro atoms. The summed E-state index contributed by atoms with van der Waals surface area (Å²) in [6.45, 7) is 7.54. The fourth-order valence-electron chi connectivity index (χ4n) is 0.949. The molecule has 0 atom stereocenters. The van der Waals surface area contributed by atoms with Crippen LogP contribution in [0, 0.1) is 0 Å². The van der Waals surface area contributed by atoms with Crippen molar-refractivity contribution in [3.05, 3.63) is 49.2 Å². The summed E-state index contributed by atoms with van der Waals surface area (Å²) in [6.07, 6.45) is 4.53. The standard InChI is InChI=1S/C12H13NO3/c1-3-7-15-11-6-5-10(9-13-11)12(14)16-8-4-2/h3-6,9H,1-2,7-8H2. The van der Waals surface area contributed by atoms with Crippen molar-refractivity contribution in [1.29, 1.82) is 0 Å². The summed E-state index contributed by atoms with van der Waals surface area (Å²) in [5, 5.41) is 0. The van der Waals surface area contributed by atoms with Crippen molar-refractivity contribution in [3.63, 3.8) is 0 Å². The molecule has 0 radical (unpaired) electrons. The Kier molecular flexibility index (Phi) is 4.79. The van der Waals surface area contributed by atoms with Crippen molar-refractivity contribution in [3.8, 4) is 5.88 Å². The van der Waals surface area contributed by atoms with E-state index in [2.05, 4.69) is 18.1 Å². The fraction of sp³-hybridized carbons (Fsp3) is 0.167. The van der Waals surface area contributed by atoms with E-state index in [0.29, 0.717) is 18.1 Å². The molecule has 4 nitrogen and oxygen atoms in total. The summed E-state index contributed by atoms with van der Waals surface area (Å²) in [7, 11) is 0. The number of aromatic nitrogens is 1. The minimum absolute atomic E-state index is 0.188. The lowest BCUT2D eigenvalue weighted by atomic mass is 10.3. The van der Waals surface area contributed by atoms with Crippen LogP contribution in [0.2, 0.25) is 0 Å². The van der Waals surface area contributed by atoms with Crippen LogP contribution in [0.5, 0.6) is 5.88 Å². The highest BCUT2D eigenvalue weighted by atomic mass is 16.5. The predicted molar refractivity (Wildman–Crippen MR) is 60.4 cm³/mol. The maximum Gasteiger partial charge on any atom is 0.340 e. The van der Waals surface area contributed by atoms with Crippen LogP contribution < -0.4 is 4.74 Å². The van der Waals surface area contributed by atoms with Crippen molar-refractivity contribution in [1.82, 2.24) is 4.98 Å². The first-order valence-corrected chi connectivity index (χ1v) is 4.75. The first kappa shape index (κ1) is 12.0. The third-order valence-corrected chi connectivity index (χ3v) is 1.65. The highest BCUT2D eigenvalue weighted by molar-refractivity contribution is 5.89. The quantitative estimate of drug-likeness (QED) is 0.542. The van der Waals surface area contributed by atoms with E-state index in [4.69, 9.17) is 9.47 Å². The summed E-state index contributed by atoms with van der Waals surface area (Å²) in [6, 6.07) is 3.20. The summed E-state index contributed by atoms with van der Waals surface area (Å²) in [5.41, 5.74) is 0.382. The van der Waals surface area contributed by atoms with Crippen LogP contribution in [0.25, 0.3) is 0 Å². The van der Waals surface area contributed by atoms with Crippen LogP contribution in [0.1, 0.15) is 10.4 Å². The molecule has 0 bridgehead atoms. The molecular weight excluding hydrogens is 206 g/mol. The molecule has 0 aliphatic heterocycles. The van der Waals surface area contributed by atoms with E-state index in [0.717, 1.165) is 0 Å². The van der Waals surface area contributed by atoms with Crippen LogP contribution in [-0.2, 0) is 4.74 Å². The van der Waals surface area contributed by atoms with Crippen molar-refractivity contribution in [2.24, 2.45) is 0 Å². The molecule has 0 amide bonds. The Balaban J connectivity index is 2.59. The topological polar surface area (TPSA) is 48.4 Å². The van der Waals surface area contributed by atoms with E-state index in [1.54, 1.807) is 18.2 Å². The molecule has 0 fully saturated rings. The number of carbonyl (C=O) groups is 1. The Hall–Kier alpha value is -2.10. The summed E-state index contributed by atoms with van der Waals surface area (Å²) >= 11 is 0.